The molecule has 1 saturated heterocycles. The fraction of sp³-hybridized carbons (Fsp3) is 0.409. The van der Waals surface area contributed by atoms with Gasteiger partial charge in [0, 0.05) is 30.9 Å². The molecule has 0 aliphatic carbocycles. The fourth-order valence-corrected chi connectivity index (χ4v) is 6.45. The lowest BCUT2D eigenvalue weighted by atomic mass is 10.2. The summed E-state index contributed by atoms with van der Waals surface area (Å²) >= 11 is 0. The van der Waals surface area contributed by atoms with Crippen LogP contribution in [0.3, 0.4) is 0 Å². The molecular weight excluding hydrogens is 450 g/mol. The highest BCUT2D eigenvalue weighted by Gasteiger charge is 2.27. The van der Waals surface area contributed by atoms with E-state index in [1.54, 1.807) is 26.0 Å². The van der Waals surface area contributed by atoms with Crippen molar-refractivity contribution in [3.63, 3.8) is 0 Å². The van der Waals surface area contributed by atoms with Gasteiger partial charge in [0.05, 0.1) is 9.79 Å². The first-order chi connectivity index (χ1) is 15.1. The van der Waals surface area contributed by atoms with E-state index in [-0.39, 0.29) is 21.9 Å². The number of aryl methyl sites for hydroxylation is 1. The highest BCUT2D eigenvalue weighted by atomic mass is 32.2. The Hall–Kier alpha value is -2.27. The van der Waals surface area contributed by atoms with E-state index in [9.17, 15) is 21.6 Å². The van der Waals surface area contributed by atoms with E-state index in [0.29, 0.717) is 24.3 Å². The zero-order valence-corrected chi connectivity index (χ0v) is 19.9. The van der Waals surface area contributed by atoms with Gasteiger partial charge in [-0.3, -0.25) is 4.79 Å². The number of carbonyl (C=O) groups is 1. The summed E-state index contributed by atoms with van der Waals surface area (Å²) in [6, 6.07) is 10.4. The maximum atomic E-state index is 13.2. The first-order valence-electron chi connectivity index (χ1n) is 10.7. The van der Waals surface area contributed by atoms with E-state index in [2.05, 4.69) is 10.0 Å². The van der Waals surface area contributed by atoms with Gasteiger partial charge < -0.3 is 5.32 Å². The van der Waals surface area contributed by atoms with E-state index >= 15 is 0 Å². The van der Waals surface area contributed by atoms with E-state index in [0.717, 1.165) is 25.7 Å². The number of carbonyl (C=O) groups excluding carboxylic acids is 1. The summed E-state index contributed by atoms with van der Waals surface area (Å²) in [7, 11) is -7.26. The molecule has 1 fully saturated rings. The van der Waals surface area contributed by atoms with Crippen LogP contribution in [0.25, 0.3) is 0 Å². The van der Waals surface area contributed by atoms with Crippen molar-refractivity contribution in [3.05, 3.63) is 53.6 Å². The van der Waals surface area contributed by atoms with Crippen LogP contribution >= 0.6 is 0 Å². The van der Waals surface area contributed by atoms with Crippen molar-refractivity contribution in [1.29, 1.82) is 0 Å². The Bertz CT molecular complexity index is 1170. The summed E-state index contributed by atoms with van der Waals surface area (Å²) in [5.74, 6) is -0.459. The second kappa shape index (κ2) is 10.1. The lowest BCUT2D eigenvalue weighted by molar-refractivity contribution is 0.102. The Morgan fingerprint density at radius 2 is 1.56 bits per heavy atom. The third-order valence-electron chi connectivity index (χ3n) is 5.39. The summed E-state index contributed by atoms with van der Waals surface area (Å²) in [5.41, 5.74) is 1.24. The molecule has 0 saturated carbocycles. The molecule has 2 N–H and O–H groups in total. The third kappa shape index (κ3) is 5.55. The molecule has 0 aromatic heterocycles. The fourth-order valence-electron chi connectivity index (χ4n) is 3.64. The van der Waals surface area contributed by atoms with Crippen LogP contribution in [0.4, 0.5) is 5.69 Å². The standard InChI is InChI=1S/C22H29N3O5S2/c1-3-23-31(27,28)20-12-9-18(10-13-20)22(26)24-19-11-8-17(2)21(16-19)32(29,30)25-14-6-4-5-7-15-25/h8-13,16,23H,3-7,14-15H2,1-2H3,(H,24,26). The van der Waals surface area contributed by atoms with Crippen LogP contribution in [-0.4, -0.2) is 46.7 Å². The zero-order chi connectivity index (χ0) is 23.4. The van der Waals surface area contributed by atoms with Gasteiger partial charge in [0.25, 0.3) is 5.91 Å². The monoisotopic (exact) mass is 479 g/mol. The van der Waals surface area contributed by atoms with Gasteiger partial charge in [-0.05, 0) is 61.7 Å². The van der Waals surface area contributed by atoms with E-state index in [1.165, 1.54) is 34.6 Å². The van der Waals surface area contributed by atoms with Crippen molar-refractivity contribution in [1.82, 2.24) is 9.03 Å². The number of amides is 1. The highest BCUT2D eigenvalue weighted by Crippen LogP contribution is 2.26. The Balaban J connectivity index is 1.80. The molecule has 174 valence electrons. The molecule has 0 atom stereocenters. The van der Waals surface area contributed by atoms with Crippen molar-refractivity contribution in [2.75, 3.05) is 25.0 Å². The predicted molar refractivity (Wildman–Crippen MR) is 124 cm³/mol. The van der Waals surface area contributed by atoms with Crippen molar-refractivity contribution in [2.24, 2.45) is 0 Å². The van der Waals surface area contributed by atoms with Crippen LogP contribution in [0.5, 0.6) is 0 Å². The van der Waals surface area contributed by atoms with Gasteiger partial charge in [-0.25, -0.2) is 21.6 Å². The second-order valence-electron chi connectivity index (χ2n) is 7.78. The minimum absolute atomic E-state index is 0.0667. The Kier molecular flexibility index (Phi) is 7.71. The second-order valence-corrected chi connectivity index (χ2v) is 11.5. The molecule has 8 nitrogen and oxygen atoms in total. The largest absolute Gasteiger partial charge is 0.322 e. The number of nitrogens with zero attached hydrogens (tertiary/aromatic N) is 1. The molecule has 0 spiro atoms. The number of hydrogen-bond donors (Lipinski definition) is 2. The van der Waals surface area contributed by atoms with Crippen molar-refractivity contribution in [2.45, 2.75) is 49.3 Å². The van der Waals surface area contributed by atoms with E-state index in [1.807, 2.05) is 0 Å². The molecule has 1 aliphatic rings. The molecule has 32 heavy (non-hydrogen) atoms. The molecule has 2 aromatic carbocycles. The van der Waals surface area contributed by atoms with E-state index in [4.69, 9.17) is 0 Å². The van der Waals surface area contributed by atoms with Crippen molar-refractivity contribution >= 4 is 31.6 Å². The van der Waals surface area contributed by atoms with Gasteiger partial charge in [0.2, 0.25) is 20.0 Å². The van der Waals surface area contributed by atoms with Crippen LogP contribution in [-0.2, 0) is 20.0 Å². The summed E-state index contributed by atoms with van der Waals surface area (Å²) in [6.45, 7) is 4.68. The normalized spacial score (nSPS) is 15.8. The van der Waals surface area contributed by atoms with Gasteiger partial charge >= 0.3 is 0 Å². The third-order valence-corrected chi connectivity index (χ3v) is 8.99. The molecule has 2 aromatic rings. The average molecular weight is 480 g/mol. The van der Waals surface area contributed by atoms with Gasteiger partial charge in [0.1, 0.15) is 0 Å². The van der Waals surface area contributed by atoms with Crippen LogP contribution in [0.2, 0.25) is 0 Å². The molecule has 10 heteroatoms. The number of hydrogen-bond acceptors (Lipinski definition) is 5. The molecule has 1 amide bonds. The molecule has 0 unspecified atom stereocenters. The Morgan fingerprint density at radius 3 is 2.16 bits per heavy atom. The molecule has 1 heterocycles. The number of anilines is 1. The van der Waals surface area contributed by atoms with Crippen molar-refractivity contribution in [3.8, 4) is 0 Å². The SMILES string of the molecule is CCNS(=O)(=O)c1ccc(C(=O)Nc2ccc(C)c(S(=O)(=O)N3CCCCCC3)c2)cc1. The summed E-state index contributed by atoms with van der Waals surface area (Å²) in [4.78, 5) is 12.9. The maximum Gasteiger partial charge on any atom is 0.255 e. The van der Waals surface area contributed by atoms with Gasteiger partial charge in [-0.1, -0.05) is 25.8 Å². The quantitative estimate of drug-likeness (QED) is 0.634. The molecule has 1 aliphatic heterocycles. The number of benzene rings is 2. The molecular formula is C22H29N3O5S2. The maximum absolute atomic E-state index is 13.2. The summed E-state index contributed by atoms with van der Waals surface area (Å²) in [6.07, 6.45) is 3.73. The highest BCUT2D eigenvalue weighted by molar-refractivity contribution is 7.89. The zero-order valence-electron chi connectivity index (χ0n) is 18.3. The van der Waals surface area contributed by atoms with E-state index < -0.39 is 26.0 Å². The van der Waals surface area contributed by atoms with Crippen LogP contribution in [0.15, 0.2) is 52.3 Å². The Morgan fingerprint density at radius 1 is 0.938 bits per heavy atom. The minimum atomic E-state index is -3.66. The van der Waals surface area contributed by atoms with Gasteiger partial charge in [-0.2, -0.15) is 4.31 Å². The number of nitrogens with one attached hydrogen (secondary N) is 2. The van der Waals surface area contributed by atoms with Crippen LogP contribution < -0.4 is 10.0 Å². The topological polar surface area (TPSA) is 113 Å². The molecule has 0 bridgehead atoms. The smallest absolute Gasteiger partial charge is 0.255 e. The predicted octanol–water partition coefficient (Wildman–Crippen LogP) is 3.11. The molecule has 3 rings (SSSR count). The first-order valence-corrected chi connectivity index (χ1v) is 13.6. The lowest BCUT2D eigenvalue weighted by Crippen LogP contribution is -2.32. The van der Waals surface area contributed by atoms with Gasteiger partial charge in [0.15, 0.2) is 0 Å². The first kappa shape index (κ1) is 24.4. The van der Waals surface area contributed by atoms with Crippen molar-refractivity contribution < 1.29 is 21.6 Å². The molecule has 0 radical (unpaired) electrons. The number of sulfonamides is 2. The van der Waals surface area contributed by atoms with Gasteiger partial charge in [-0.15, -0.1) is 0 Å². The van der Waals surface area contributed by atoms with Crippen LogP contribution in [0, 0.1) is 6.92 Å². The van der Waals surface area contributed by atoms with Crippen LogP contribution in [0.1, 0.15) is 48.5 Å². The lowest BCUT2D eigenvalue weighted by Gasteiger charge is -2.21. The summed E-state index contributed by atoms with van der Waals surface area (Å²) < 4.78 is 54.4. The number of rotatable bonds is 7. The summed E-state index contributed by atoms with van der Waals surface area (Å²) in [5, 5.41) is 2.71. The minimum Gasteiger partial charge on any atom is -0.322 e. The Labute approximate surface area is 190 Å². The average Bonchev–Trinajstić information content (AvgIpc) is 3.05.